The topological polar surface area (TPSA) is 0 Å². The van der Waals surface area contributed by atoms with Gasteiger partial charge in [-0.25, -0.2) is 0 Å². The molecule has 0 aromatic rings. The molecular weight excluding hydrogens is 120 g/mol. The molecular formula is C10H14. The molecule has 0 fully saturated rings. The van der Waals surface area contributed by atoms with Crippen molar-refractivity contribution in [2.24, 2.45) is 0 Å². The van der Waals surface area contributed by atoms with Crippen LogP contribution in [0.15, 0.2) is 0 Å². The summed E-state index contributed by atoms with van der Waals surface area (Å²) in [6, 6.07) is 0. The Balaban J connectivity index is 3.20. The van der Waals surface area contributed by atoms with Crippen LogP contribution >= 0.6 is 0 Å². The highest BCUT2D eigenvalue weighted by molar-refractivity contribution is 5.04. The highest BCUT2D eigenvalue weighted by Gasteiger charge is 1.71. The van der Waals surface area contributed by atoms with E-state index < -0.39 is 0 Å². The van der Waals surface area contributed by atoms with Crippen molar-refractivity contribution in [2.45, 2.75) is 39.5 Å². The van der Waals surface area contributed by atoms with Gasteiger partial charge in [-0.2, -0.15) is 0 Å². The maximum atomic E-state index is 3.04. The Bertz CT molecular complexity index is 146. The van der Waals surface area contributed by atoms with Gasteiger partial charge in [0.05, 0.1) is 0 Å². The average Bonchev–Trinajstić information content (AvgIpc) is 1.97. The summed E-state index contributed by atoms with van der Waals surface area (Å²) < 4.78 is 0. The van der Waals surface area contributed by atoms with Crippen LogP contribution in [0.3, 0.4) is 0 Å². The third-order valence-electron chi connectivity index (χ3n) is 0.979. The third kappa shape index (κ3) is 7.12. The van der Waals surface area contributed by atoms with Gasteiger partial charge in [0.2, 0.25) is 0 Å². The van der Waals surface area contributed by atoms with Crippen LogP contribution < -0.4 is 0 Å². The molecule has 0 radical (unpaired) electrons. The first-order valence-electron chi connectivity index (χ1n) is 3.83. The zero-order valence-corrected chi connectivity index (χ0v) is 6.83. The molecule has 0 amide bonds. The predicted molar refractivity (Wildman–Crippen MR) is 45.4 cm³/mol. The Morgan fingerprint density at radius 3 is 1.40 bits per heavy atom. The maximum Gasteiger partial charge on any atom is 0.0198 e. The molecule has 0 heteroatoms. The first-order valence-corrected chi connectivity index (χ1v) is 3.83. The second-order valence-corrected chi connectivity index (χ2v) is 1.91. The van der Waals surface area contributed by atoms with Crippen LogP contribution in [0.4, 0.5) is 0 Å². The van der Waals surface area contributed by atoms with Gasteiger partial charge >= 0.3 is 0 Å². The van der Waals surface area contributed by atoms with Crippen molar-refractivity contribution >= 4 is 0 Å². The summed E-state index contributed by atoms with van der Waals surface area (Å²) in [6.07, 6.45) is 3.78. The molecule has 10 heavy (non-hydrogen) atoms. The Morgan fingerprint density at radius 1 is 0.700 bits per heavy atom. The summed E-state index contributed by atoms with van der Waals surface area (Å²) in [5.74, 6) is 12.1. The molecule has 0 heterocycles. The van der Waals surface area contributed by atoms with Crippen molar-refractivity contribution in [3.8, 4) is 23.7 Å². The van der Waals surface area contributed by atoms with Crippen molar-refractivity contribution in [1.29, 1.82) is 0 Å². The fourth-order valence-electron chi connectivity index (χ4n) is 0.552. The Morgan fingerprint density at radius 2 is 1.10 bits per heavy atom. The van der Waals surface area contributed by atoms with E-state index in [1.807, 2.05) is 0 Å². The molecule has 0 aromatic carbocycles. The van der Waals surface area contributed by atoms with Crippen molar-refractivity contribution in [3.05, 3.63) is 0 Å². The molecule has 0 rings (SSSR count). The van der Waals surface area contributed by atoms with Gasteiger partial charge in [-0.1, -0.05) is 13.8 Å². The van der Waals surface area contributed by atoms with Crippen LogP contribution in [-0.2, 0) is 0 Å². The van der Waals surface area contributed by atoms with E-state index in [2.05, 4.69) is 37.5 Å². The number of hydrogen-bond donors (Lipinski definition) is 0. The number of rotatable bonds is 1. The van der Waals surface area contributed by atoms with Gasteiger partial charge in [-0.05, 0) is 0 Å². The highest BCUT2D eigenvalue weighted by atomic mass is 13.8. The van der Waals surface area contributed by atoms with Gasteiger partial charge in [0, 0.05) is 25.7 Å². The molecule has 0 atom stereocenters. The van der Waals surface area contributed by atoms with E-state index in [1.54, 1.807) is 0 Å². The van der Waals surface area contributed by atoms with E-state index in [1.165, 1.54) is 0 Å². The Hall–Kier alpha value is -0.880. The van der Waals surface area contributed by atoms with Crippen molar-refractivity contribution in [2.75, 3.05) is 0 Å². The van der Waals surface area contributed by atoms with E-state index >= 15 is 0 Å². The lowest BCUT2D eigenvalue weighted by atomic mass is 10.3. The van der Waals surface area contributed by atoms with Crippen LogP contribution in [0.2, 0.25) is 0 Å². The summed E-state index contributed by atoms with van der Waals surface area (Å²) in [5.41, 5.74) is 0. The predicted octanol–water partition coefficient (Wildman–Crippen LogP) is 2.59. The minimum atomic E-state index is 0.931. The summed E-state index contributed by atoms with van der Waals surface area (Å²) in [5, 5.41) is 0. The smallest absolute Gasteiger partial charge is 0.0198 e. The minimum absolute atomic E-state index is 0.931. The van der Waals surface area contributed by atoms with Crippen molar-refractivity contribution < 1.29 is 0 Å². The van der Waals surface area contributed by atoms with Crippen LogP contribution in [0, 0.1) is 23.7 Å². The summed E-state index contributed by atoms with van der Waals surface area (Å²) in [6.45, 7) is 4.12. The average molecular weight is 134 g/mol. The normalized spacial score (nSPS) is 7.00. The molecule has 0 aromatic heterocycles. The van der Waals surface area contributed by atoms with E-state index in [0.717, 1.165) is 25.7 Å². The van der Waals surface area contributed by atoms with Crippen LogP contribution in [-0.4, -0.2) is 0 Å². The van der Waals surface area contributed by atoms with E-state index in [-0.39, 0.29) is 0 Å². The standard InChI is InChI=1S/C10H14/c1-3-5-7-9-10-8-6-4-2/h3-4,9-10H2,1-2H3. The molecule has 0 aliphatic heterocycles. The van der Waals surface area contributed by atoms with E-state index in [9.17, 15) is 0 Å². The molecule has 54 valence electrons. The molecule has 0 aliphatic rings. The minimum Gasteiger partial charge on any atom is -0.104 e. The third-order valence-corrected chi connectivity index (χ3v) is 0.979. The monoisotopic (exact) mass is 134 g/mol. The van der Waals surface area contributed by atoms with Crippen LogP contribution in [0.25, 0.3) is 0 Å². The quantitative estimate of drug-likeness (QED) is 0.382. The summed E-state index contributed by atoms with van der Waals surface area (Å²) in [7, 11) is 0. The van der Waals surface area contributed by atoms with Crippen LogP contribution in [0.5, 0.6) is 0 Å². The maximum absolute atomic E-state index is 3.04. The van der Waals surface area contributed by atoms with Gasteiger partial charge in [0.25, 0.3) is 0 Å². The fraction of sp³-hybridized carbons (Fsp3) is 0.600. The Labute approximate surface area is 64.0 Å². The number of unbranched alkanes of at least 4 members (excludes halogenated alkanes) is 1. The lowest BCUT2D eigenvalue weighted by Gasteiger charge is -1.77. The lowest BCUT2D eigenvalue weighted by Crippen LogP contribution is -1.65. The molecule has 0 spiro atoms. The lowest BCUT2D eigenvalue weighted by molar-refractivity contribution is 1.11. The second kappa shape index (κ2) is 8.12. The Kier molecular flexibility index (Phi) is 7.41. The second-order valence-electron chi connectivity index (χ2n) is 1.91. The highest BCUT2D eigenvalue weighted by Crippen LogP contribution is 1.83. The molecule has 0 N–H and O–H groups in total. The SMILES string of the molecule is CCC#CCCC#CCC. The van der Waals surface area contributed by atoms with Gasteiger partial charge in [-0.3, -0.25) is 0 Å². The van der Waals surface area contributed by atoms with E-state index in [4.69, 9.17) is 0 Å². The van der Waals surface area contributed by atoms with Crippen LogP contribution in [0.1, 0.15) is 39.5 Å². The first-order chi connectivity index (χ1) is 4.91. The molecule has 0 nitrogen and oxygen atoms in total. The molecule has 0 unspecified atom stereocenters. The van der Waals surface area contributed by atoms with E-state index in [0.29, 0.717) is 0 Å². The number of hydrogen-bond acceptors (Lipinski definition) is 0. The zero-order valence-electron chi connectivity index (χ0n) is 6.83. The van der Waals surface area contributed by atoms with Gasteiger partial charge < -0.3 is 0 Å². The van der Waals surface area contributed by atoms with Gasteiger partial charge in [0.1, 0.15) is 0 Å². The molecule has 0 aliphatic carbocycles. The summed E-state index contributed by atoms with van der Waals surface area (Å²) in [4.78, 5) is 0. The molecule has 0 saturated heterocycles. The summed E-state index contributed by atoms with van der Waals surface area (Å²) >= 11 is 0. The molecule has 0 saturated carbocycles. The largest absolute Gasteiger partial charge is 0.104 e. The zero-order chi connectivity index (χ0) is 7.66. The van der Waals surface area contributed by atoms with Crippen molar-refractivity contribution in [3.63, 3.8) is 0 Å². The van der Waals surface area contributed by atoms with Crippen molar-refractivity contribution in [1.82, 2.24) is 0 Å². The van der Waals surface area contributed by atoms with Gasteiger partial charge in [-0.15, -0.1) is 23.7 Å². The van der Waals surface area contributed by atoms with Gasteiger partial charge in [0.15, 0.2) is 0 Å². The first kappa shape index (κ1) is 9.12. The fourth-order valence-corrected chi connectivity index (χ4v) is 0.552. The molecule has 0 bridgehead atoms.